The van der Waals surface area contributed by atoms with Crippen LogP contribution in [0.15, 0.2) is 85.2 Å². The highest BCUT2D eigenvalue weighted by molar-refractivity contribution is 6.29. The molecule has 0 atom stereocenters. The number of aromatic nitrogens is 6. The summed E-state index contributed by atoms with van der Waals surface area (Å²) >= 11 is 6.06. The predicted octanol–water partition coefficient (Wildman–Crippen LogP) is 5.65. The first kappa shape index (κ1) is 21.6. The van der Waals surface area contributed by atoms with Gasteiger partial charge in [-0.2, -0.15) is 14.7 Å². The van der Waals surface area contributed by atoms with Crippen molar-refractivity contribution in [3.8, 4) is 22.5 Å². The molecule has 0 aliphatic carbocycles. The summed E-state index contributed by atoms with van der Waals surface area (Å²) in [4.78, 5) is 8.47. The summed E-state index contributed by atoms with van der Waals surface area (Å²) in [6.45, 7) is 4.13. The Hall–Kier alpha value is -4.23. The lowest BCUT2D eigenvalue weighted by atomic mass is 10.1. The summed E-state index contributed by atoms with van der Waals surface area (Å²) < 4.78 is 3.30. The zero-order chi connectivity index (χ0) is 23.7. The molecule has 0 spiro atoms. The van der Waals surface area contributed by atoms with E-state index in [-0.39, 0.29) is 0 Å². The highest BCUT2D eigenvalue weighted by Crippen LogP contribution is 2.24. The van der Waals surface area contributed by atoms with E-state index in [2.05, 4.69) is 46.1 Å². The van der Waals surface area contributed by atoms with Crippen molar-refractivity contribution in [2.24, 2.45) is 0 Å². The number of hydrogen-bond donors (Lipinski definition) is 1. The summed E-state index contributed by atoms with van der Waals surface area (Å²) in [6, 6.07) is 23.6. The van der Waals surface area contributed by atoms with Gasteiger partial charge in [-0.1, -0.05) is 60.1 Å². The van der Waals surface area contributed by atoms with E-state index in [9.17, 15) is 0 Å². The predicted molar refractivity (Wildman–Crippen MR) is 136 cm³/mol. The Morgan fingerprint density at radius 3 is 1.71 bits per heavy atom. The lowest BCUT2D eigenvalue weighted by Crippen LogP contribution is -1.98. The van der Waals surface area contributed by atoms with Gasteiger partial charge in [0.1, 0.15) is 11.0 Å². The Balaban J connectivity index is 0.000000142. The molecule has 8 heteroatoms. The van der Waals surface area contributed by atoms with E-state index in [4.69, 9.17) is 17.3 Å². The molecule has 34 heavy (non-hydrogen) atoms. The van der Waals surface area contributed by atoms with Crippen LogP contribution in [-0.4, -0.2) is 29.2 Å². The molecule has 4 aromatic heterocycles. The van der Waals surface area contributed by atoms with Gasteiger partial charge in [-0.05, 0) is 37.1 Å². The quantitative estimate of drug-likeness (QED) is 0.333. The van der Waals surface area contributed by atoms with Gasteiger partial charge in [0.25, 0.3) is 0 Å². The second-order valence-corrected chi connectivity index (χ2v) is 8.25. The maximum Gasteiger partial charge on any atom is 0.157 e. The zero-order valence-corrected chi connectivity index (χ0v) is 19.5. The topological polar surface area (TPSA) is 86.4 Å². The van der Waals surface area contributed by atoms with Crippen LogP contribution in [0.4, 0.5) is 5.82 Å². The number of nitrogens with two attached hydrogens (primary N) is 1. The number of hydrogen-bond acceptors (Lipinski definition) is 5. The summed E-state index contributed by atoms with van der Waals surface area (Å²) in [5, 5.41) is 9.50. The molecule has 0 unspecified atom stereocenters. The second kappa shape index (κ2) is 8.96. The average Bonchev–Trinajstić information content (AvgIpc) is 3.46. The maximum absolute atomic E-state index is 6.06. The van der Waals surface area contributed by atoms with Crippen LogP contribution in [0.25, 0.3) is 33.8 Å². The van der Waals surface area contributed by atoms with Crippen LogP contribution in [0.3, 0.4) is 0 Å². The Bertz CT molecular complexity index is 1500. The van der Waals surface area contributed by atoms with E-state index in [1.54, 1.807) is 33.6 Å². The molecule has 0 amide bonds. The van der Waals surface area contributed by atoms with E-state index < -0.39 is 0 Å². The largest absolute Gasteiger partial charge is 0.384 e. The average molecular weight is 468 g/mol. The summed E-state index contributed by atoms with van der Waals surface area (Å²) in [5.41, 5.74) is 13.8. The van der Waals surface area contributed by atoms with Crippen LogP contribution in [-0.2, 0) is 0 Å². The van der Waals surface area contributed by atoms with Gasteiger partial charge in [0.2, 0.25) is 0 Å². The van der Waals surface area contributed by atoms with Crippen molar-refractivity contribution in [2.75, 3.05) is 5.73 Å². The van der Waals surface area contributed by atoms with Gasteiger partial charge in [-0.15, -0.1) is 0 Å². The third kappa shape index (κ3) is 4.09. The van der Waals surface area contributed by atoms with Gasteiger partial charge in [-0.3, -0.25) is 0 Å². The molecular weight excluding hydrogens is 446 g/mol. The number of nitrogen functional groups attached to an aromatic ring is 1. The molecule has 6 rings (SSSR count). The standard InChI is InChI=1S/C13H10ClN3.C13H12N4/c2*1-9-4-2-3-5-10(9)11-8-13-15-7-6-12(14)17(13)16-11/h2-8H,1H3;2-8H,14H2,1H3. The Morgan fingerprint density at radius 1 is 0.676 bits per heavy atom. The molecule has 0 bridgehead atoms. The minimum Gasteiger partial charge on any atom is -0.384 e. The number of benzene rings is 2. The van der Waals surface area contributed by atoms with Crippen molar-refractivity contribution in [2.45, 2.75) is 13.8 Å². The molecule has 168 valence electrons. The van der Waals surface area contributed by atoms with Gasteiger partial charge < -0.3 is 5.73 Å². The van der Waals surface area contributed by atoms with Crippen LogP contribution in [0.1, 0.15) is 11.1 Å². The SMILES string of the molecule is Cc1ccccc1-c1cc2nccc(Cl)n2n1.Cc1ccccc1-c1cc2nccc(N)n2n1. The van der Waals surface area contributed by atoms with E-state index >= 15 is 0 Å². The molecule has 2 aromatic carbocycles. The number of fused-ring (bicyclic) bond motifs is 2. The lowest BCUT2D eigenvalue weighted by Gasteiger charge is -2.00. The number of halogens is 1. The first-order valence-corrected chi connectivity index (χ1v) is 11.1. The number of nitrogens with zero attached hydrogens (tertiary/aromatic N) is 6. The Labute approximate surface area is 201 Å². The third-order valence-corrected chi connectivity index (χ3v) is 5.83. The normalized spacial score (nSPS) is 10.9. The number of aryl methyl sites for hydroxylation is 2. The monoisotopic (exact) mass is 467 g/mol. The van der Waals surface area contributed by atoms with Crippen molar-refractivity contribution < 1.29 is 0 Å². The molecule has 0 saturated carbocycles. The second-order valence-electron chi connectivity index (χ2n) is 7.87. The fraction of sp³-hybridized carbons (Fsp3) is 0.0769. The molecule has 0 aliphatic rings. The Morgan fingerprint density at radius 2 is 1.18 bits per heavy atom. The maximum atomic E-state index is 6.06. The van der Waals surface area contributed by atoms with Crippen LogP contribution in [0, 0.1) is 13.8 Å². The van der Waals surface area contributed by atoms with E-state index in [1.165, 1.54) is 11.1 Å². The van der Waals surface area contributed by atoms with Gasteiger partial charge >= 0.3 is 0 Å². The molecule has 0 fully saturated rings. The summed E-state index contributed by atoms with van der Waals surface area (Å²) in [6.07, 6.45) is 3.37. The molecule has 0 aliphatic heterocycles. The first-order valence-electron chi connectivity index (χ1n) is 10.7. The molecule has 0 saturated heterocycles. The zero-order valence-electron chi connectivity index (χ0n) is 18.7. The van der Waals surface area contributed by atoms with Crippen LogP contribution >= 0.6 is 11.6 Å². The van der Waals surface area contributed by atoms with Crippen LogP contribution < -0.4 is 5.73 Å². The smallest absolute Gasteiger partial charge is 0.157 e. The van der Waals surface area contributed by atoms with Gasteiger partial charge in [-0.25, -0.2) is 14.5 Å². The number of anilines is 1. The molecule has 0 radical (unpaired) electrons. The van der Waals surface area contributed by atoms with Crippen molar-refractivity contribution in [1.29, 1.82) is 0 Å². The van der Waals surface area contributed by atoms with Gasteiger partial charge in [0, 0.05) is 35.7 Å². The molecule has 6 aromatic rings. The molecule has 2 N–H and O–H groups in total. The minimum atomic E-state index is 0.565. The first-order chi connectivity index (χ1) is 16.5. The van der Waals surface area contributed by atoms with Gasteiger partial charge in [0.15, 0.2) is 11.3 Å². The fourth-order valence-electron chi connectivity index (χ4n) is 3.76. The fourth-order valence-corrected chi connectivity index (χ4v) is 3.94. The molecule has 7 nitrogen and oxygen atoms in total. The van der Waals surface area contributed by atoms with Crippen LogP contribution in [0.5, 0.6) is 0 Å². The molecule has 4 heterocycles. The minimum absolute atomic E-state index is 0.565. The van der Waals surface area contributed by atoms with Crippen molar-refractivity contribution in [3.05, 3.63) is 101 Å². The van der Waals surface area contributed by atoms with Crippen LogP contribution in [0.2, 0.25) is 5.15 Å². The third-order valence-electron chi connectivity index (χ3n) is 5.54. The van der Waals surface area contributed by atoms with Crippen molar-refractivity contribution in [3.63, 3.8) is 0 Å². The molecular formula is C26H22ClN7. The van der Waals surface area contributed by atoms with E-state index in [0.29, 0.717) is 11.0 Å². The van der Waals surface area contributed by atoms with E-state index in [1.807, 2.05) is 48.5 Å². The highest BCUT2D eigenvalue weighted by Gasteiger charge is 2.09. The number of rotatable bonds is 2. The van der Waals surface area contributed by atoms with Gasteiger partial charge in [0.05, 0.1) is 11.4 Å². The summed E-state index contributed by atoms with van der Waals surface area (Å²) in [5.74, 6) is 0.592. The van der Waals surface area contributed by atoms with Crippen molar-refractivity contribution >= 4 is 28.7 Å². The van der Waals surface area contributed by atoms with E-state index in [0.717, 1.165) is 33.8 Å². The lowest BCUT2D eigenvalue weighted by molar-refractivity contribution is 0.943. The Kier molecular flexibility index (Phi) is 5.69. The summed E-state index contributed by atoms with van der Waals surface area (Å²) in [7, 11) is 0. The van der Waals surface area contributed by atoms with Crippen molar-refractivity contribution in [1.82, 2.24) is 29.2 Å². The highest BCUT2D eigenvalue weighted by atomic mass is 35.5.